The third-order valence-electron chi connectivity index (χ3n) is 6.31. The first kappa shape index (κ1) is 23.6. The molecule has 8 nitrogen and oxygen atoms in total. The summed E-state index contributed by atoms with van der Waals surface area (Å²) in [4.78, 5) is 30.0. The molecule has 1 atom stereocenters. The third kappa shape index (κ3) is 4.59. The second-order valence-electron chi connectivity index (χ2n) is 8.33. The van der Waals surface area contributed by atoms with E-state index in [1.807, 2.05) is 0 Å². The van der Waals surface area contributed by atoms with E-state index in [0.717, 1.165) is 19.6 Å². The van der Waals surface area contributed by atoms with Crippen LogP contribution in [0.5, 0.6) is 17.2 Å². The summed E-state index contributed by atoms with van der Waals surface area (Å²) in [5.41, 5.74) is 0.909. The molecule has 0 bridgehead atoms. The number of hydrogen-bond acceptors (Lipinski definition) is 7. The Labute approximate surface area is 199 Å². The summed E-state index contributed by atoms with van der Waals surface area (Å²) in [5, 5.41) is 21.3. The molecule has 1 saturated heterocycles. The predicted octanol–water partition coefficient (Wildman–Crippen LogP) is 3.32. The molecule has 180 valence electrons. The van der Waals surface area contributed by atoms with E-state index in [1.54, 1.807) is 30.3 Å². The van der Waals surface area contributed by atoms with Crippen LogP contribution in [0.15, 0.2) is 48.0 Å². The molecule has 1 fully saturated rings. The molecule has 0 aromatic heterocycles. The average molecular weight is 467 g/mol. The Kier molecular flexibility index (Phi) is 7.07. The van der Waals surface area contributed by atoms with Gasteiger partial charge in [0, 0.05) is 12.1 Å². The first-order chi connectivity index (χ1) is 16.4. The Morgan fingerprint density at radius 2 is 1.79 bits per heavy atom. The van der Waals surface area contributed by atoms with Crippen molar-refractivity contribution < 1.29 is 29.3 Å². The van der Waals surface area contributed by atoms with Gasteiger partial charge in [0.25, 0.3) is 11.7 Å². The van der Waals surface area contributed by atoms with E-state index >= 15 is 0 Å². The zero-order valence-electron chi connectivity index (χ0n) is 19.5. The number of Topliss-reactive ketones (excluding diaryl/α,β-unsaturated/α-hetero) is 1. The Hall–Kier alpha value is -3.52. The van der Waals surface area contributed by atoms with Crippen molar-refractivity contribution in [1.29, 1.82) is 0 Å². The van der Waals surface area contributed by atoms with E-state index in [1.165, 1.54) is 17.0 Å². The van der Waals surface area contributed by atoms with Crippen molar-refractivity contribution in [3.63, 3.8) is 0 Å². The molecular weight excluding hydrogens is 436 g/mol. The molecule has 1 unspecified atom stereocenters. The number of phenols is 1. The highest BCUT2D eigenvalue weighted by molar-refractivity contribution is 6.46. The summed E-state index contributed by atoms with van der Waals surface area (Å²) in [6.45, 7) is 7.91. The summed E-state index contributed by atoms with van der Waals surface area (Å²) in [5.74, 6) is -0.641. The maximum absolute atomic E-state index is 13.2. The number of rotatable bonds is 8. The van der Waals surface area contributed by atoms with Gasteiger partial charge in [0.15, 0.2) is 11.5 Å². The number of ether oxygens (including phenoxy) is 2. The molecule has 0 aliphatic carbocycles. The van der Waals surface area contributed by atoms with Gasteiger partial charge >= 0.3 is 0 Å². The summed E-state index contributed by atoms with van der Waals surface area (Å²) in [6, 6.07) is 10.6. The molecule has 0 radical (unpaired) electrons. The van der Waals surface area contributed by atoms with E-state index in [2.05, 4.69) is 18.7 Å². The monoisotopic (exact) mass is 466 g/mol. The van der Waals surface area contributed by atoms with Gasteiger partial charge in [-0.2, -0.15) is 0 Å². The van der Waals surface area contributed by atoms with Crippen LogP contribution >= 0.6 is 0 Å². The largest absolute Gasteiger partial charge is 0.508 e. The highest BCUT2D eigenvalue weighted by Gasteiger charge is 2.46. The van der Waals surface area contributed by atoms with Gasteiger partial charge in [0.05, 0.1) is 11.6 Å². The highest BCUT2D eigenvalue weighted by atomic mass is 16.6. The van der Waals surface area contributed by atoms with Crippen LogP contribution < -0.4 is 9.47 Å². The van der Waals surface area contributed by atoms with Gasteiger partial charge in [-0.25, -0.2) is 0 Å². The summed E-state index contributed by atoms with van der Waals surface area (Å²) in [7, 11) is 0. The fourth-order valence-electron chi connectivity index (χ4n) is 4.50. The molecule has 34 heavy (non-hydrogen) atoms. The number of aliphatic hydroxyl groups is 1. The van der Waals surface area contributed by atoms with Crippen LogP contribution in [0.1, 0.15) is 37.4 Å². The van der Waals surface area contributed by atoms with Crippen molar-refractivity contribution in [2.75, 3.05) is 39.4 Å². The second kappa shape index (κ2) is 10.2. The Bertz CT molecular complexity index is 1110. The van der Waals surface area contributed by atoms with Gasteiger partial charge in [0.2, 0.25) is 0 Å². The lowest BCUT2D eigenvalue weighted by molar-refractivity contribution is -0.140. The second-order valence-corrected chi connectivity index (χ2v) is 8.33. The van der Waals surface area contributed by atoms with Crippen molar-refractivity contribution in [1.82, 2.24) is 9.80 Å². The fourth-order valence-corrected chi connectivity index (χ4v) is 4.50. The maximum Gasteiger partial charge on any atom is 0.295 e. The minimum atomic E-state index is -0.808. The van der Waals surface area contributed by atoms with E-state index < -0.39 is 17.7 Å². The van der Waals surface area contributed by atoms with Crippen LogP contribution in [0, 0.1) is 0 Å². The minimum Gasteiger partial charge on any atom is -0.508 e. The summed E-state index contributed by atoms with van der Waals surface area (Å²) >= 11 is 0. The Morgan fingerprint density at radius 3 is 2.50 bits per heavy atom. The van der Waals surface area contributed by atoms with Crippen molar-refractivity contribution in [3.05, 3.63) is 59.2 Å². The van der Waals surface area contributed by atoms with Gasteiger partial charge in [-0.3, -0.25) is 9.59 Å². The lowest BCUT2D eigenvalue weighted by Crippen LogP contribution is -2.33. The Morgan fingerprint density at radius 1 is 1.06 bits per heavy atom. The predicted molar refractivity (Wildman–Crippen MR) is 127 cm³/mol. The molecule has 1 amide bonds. The van der Waals surface area contributed by atoms with E-state index in [4.69, 9.17) is 9.47 Å². The van der Waals surface area contributed by atoms with Crippen molar-refractivity contribution >= 4 is 17.4 Å². The van der Waals surface area contributed by atoms with Crippen LogP contribution in [0.2, 0.25) is 0 Å². The maximum atomic E-state index is 13.2. The van der Waals surface area contributed by atoms with Gasteiger partial charge in [-0.15, -0.1) is 0 Å². The highest BCUT2D eigenvalue weighted by Crippen LogP contribution is 2.41. The van der Waals surface area contributed by atoms with E-state index in [0.29, 0.717) is 48.8 Å². The SMILES string of the molecule is CCN(CC)CCCN1C(=O)C(=O)C(=C(O)c2ccc3c(c2)OCCO3)C1c1cccc(O)c1. The third-order valence-corrected chi connectivity index (χ3v) is 6.31. The van der Waals surface area contributed by atoms with Gasteiger partial charge in [-0.1, -0.05) is 26.0 Å². The fraction of sp³-hybridized carbons (Fsp3) is 0.385. The number of ketones is 1. The normalized spacial score (nSPS) is 19.1. The number of aliphatic hydroxyl groups excluding tert-OH is 1. The minimum absolute atomic E-state index is 0.00452. The number of benzene rings is 2. The number of carbonyl (C=O) groups is 2. The number of fused-ring (bicyclic) bond motifs is 1. The van der Waals surface area contributed by atoms with Crippen LogP contribution in [0.25, 0.3) is 5.76 Å². The number of hydrogen-bond donors (Lipinski definition) is 2. The number of aromatic hydroxyl groups is 1. The molecule has 2 aromatic carbocycles. The van der Waals surface area contributed by atoms with Gasteiger partial charge in [0.1, 0.15) is 24.7 Å². The van der Waals surface area contributed by atoms with E-state index in [-0.39, 0.29) is 17.1 Å². The molecule has 8 heteroatoms. The Balaban J connectivity index is 1.73. The first-order valence-corrected chi connectivity index (χ1v) is 11.6. The van der Waals surface area contributed by atoms with Crippen molar-refractivity contribution in [2.24, 2.45) is 0 Å². The molecule has 2 aliphatic rings. The standard InChI is InChI=1S/C26H30N2O6/c1-3-27(4-2)11-6-12-28-23(17-7-5-8-19(29)15-17)22(25(31)26(28)32)24(30)18-9-10-20-21(16-18)34-14-13-33-20/h5,7-10,15-16,23,29-30H,3-4,6,11-14H2,1-2H3. The van der Waals surface area contributed by atoms with Gasteiger partial charge < -0.3 is 29.5 Å². The number of carbonyl (C=O) groups excluding carboxylic acids is 2. The average Bonchev–Trinajstić information content (AvgIpc) is 3.11. The zero-order chi connectivity index (χ0) is 24.2. The number of likely N-dealkylation sites (tertiary alicyclic amines) is 1. The van der Waals surface area contributed by atoms with E-state index in [9.17, 15) is 19.8 Å². The molecule has 4 rings (SSSR count). The quantitative estimate of drug-likeness (QED) is 0.350. The zero-order valence-corrected chi connectivity index (χ0v) is 19.5. The molecule has 2 N–H and O–H groups in total. The van der Waals surface area contributed by atoms with Crippen LogP contribution in [-0.4, -0.2) is 71.1 Å². The summed E-state index contributed by atoms with van der Waals surface area (Å²) in [6.07, 6.45) is 0.675. The molecule has 0 saturated carbocycles. The molecule has 2 heterocycles. The first-order valence-electron chi connectivity index (χ1n) is 11.6. The number of amides is 1. The van der Waals surface area contributed by atoms with Crippen LogP contribution in [0.3, 0.4) is 0 Å². The van der Waals surface area contributed by atoms with Gasteiger partial charge in [-0.05, 0) is 62.0 Å². The molecule has 2 aliphatic heterocycles. The summed E-state index contributed by atoms with van der Waals surface area (Å²) < 4.78 is 11.2. The van der Waals surface area contributed by atoms with Crippen LogP contribution in [-0.2, 0) is 9.59 Å². The smallest absolute Gasteiger partial charge is 0.295 e. The van der Waals surface area contributed by atoms with Crippen molar-refractivity contribution in [3.8, 4) is 17.2 Å². The number of nitrogens with zero attached hydrogens (tertiary/aromatic N) is 2. The van der Waals surface area contributed by atoms with Crippen LogP contribution in [0.4, 0.5) is 0 Å². The molecular formula is C26H30N2O6. The lowest BCUT2D eigenvalue weighted by atomic mass is 9.95. The number of phenolic OH excluding ortho intramolecular Hbond substituents is 1. The lowest BCUT2D eigenvalue weighted by Gasteiger charge is -2.27. The van der Waals surface area contributed by atoms with Crippen molar-refractivity contribution in [2.45, 2.75) is 26.3 Å². The topological polar surface area (TPSA) is 99.5 Å². The molecule has 2 aromatic rings. The molecule has 0 spiro atoms.